The second-order valence-electron chi connectivity index (χ2n) is 4.29. The van der Waals surface area contributed by atoms with Crippen LogP contribution in [0, 0.1) is 6.92 Å². The molecule has 0 radical (unpaired) electrons. The second kappa shape index (κ2) is 7.56. The van der Waals surface area contributed by atoms with E-state index in [1.807, 2.05) is 25.1 Å². The SMILES string of the molecule is COCCNCc1nnc(NCc2cccc(C)n2)o1. The van der Waals surface area contributed by atoms with Crippen molar-refractivity contribution in [2.45, 2.75) is 20.0 Å². The largest absolute Gasteiger partial charge is 0.407 e. The van der Waals surface area contributed by atoms with Gasteiger partial charge in [-0.1, -0.05) is 11.2 Å². The van der Waals surface area contributed by atoms with Crippen molar-refractivity contribution in [1.82, 2.24) is 20.5 Å². The predicted octanol–water partition coefficient (Wildman–Crippen LogP) is 1.12. The fourth-order valence-electron chi connectivity index (χ4n) is 1.63. The van der Waals surface area contributed by atoms with E-state index < -0.39 is 0 Å². The molecule has 2 aromatic heterocycles. The first-order chi connectivity index (χ1) is 9.78. The molecule has 0 saturated carbocycles. The van der Waals surface area contributed by atoms with Crippen molar-refractivity contribution in [2.75, 3.05) is 25.6 Å². The number of hydrogen-bond donors (Lipinski definition) is 2. The first-order valence-electron chi connectivity index (χ1n) is 6.46. The highest BCUT2D eigenvalue weighted by molar-refractivity contribution is 5.20. The summed E-state index contributed by atoms with van der Waals surface area (Å²) in [6, 6.07) is 6.28. The third kappa shape index (κ3) is 4.60. The van der Waals surface area contributed by atoms with Crippen LogP contribution in [0.15, 0.2) is 22.6 Å². The Balaban J connectivity index is 1.78. The summed E-state index contributed by atoms with van der Waals surface area (Å²) >= 11 is 0. The van der Waals surface area contributed by atoms with Gasteiger partial charge >= 0.3 is 6.01 Å². The summed E-state index contributed by atoms with van der Waals surface area (Å²) in [4.78, 5) is 4.39. The van der Waals surface area contributed by atoms with Crippen LogP contribution in [0.5, 0.6) is 0 Å². The lowest BCUT2D eigenvalue weighted by Crippen LogP contribution is -2.18. The lowest BCUT2D eigenvalue weighted by atomic mass is 10.3. The van der Waals surface area contributed by atoms with Gasteiger partial charge in [-0.15, -0.1) is 5.10 Å². The smallest absolute Gasteiger partial charge is 0.315 e. The topological polar surface area (TPSA) is 85.1 Å². The minimum atomic E-state index is 0.400. The molecule has 2 heterocycles. The Morgan fingerprint density at radius 2 is 2.15 bits per heavy atom. The van der Waals surface area contributed by atoms with Crippen LogP contribution < -0.4 is 10.6 Å². The van der Waals surface area contributed by atoms with E-state index >= 15 is 0 Å². The lowest BCUT2D eigenvalue weighted by molar-refractivity contribution is 0.198. The lowest BCUT2D eigenvalue weighted by Gasteiger charge is -2.02. The number of methoxy groups -OCH3 is 1. The van der Waals surface area contributed by atoms with Crippen molar-refractivity contribution in [3.05, 3.63) is 35.5 Å². The number of ether oxygens (including phenoxy) is 1. The number of rotatable bonds is 8. The van der Waals surface area contributed by atoms with Crippen LogP contribution in [-0.2, 0) is 17.8 Å². The van der Waals surface area contributed by atoms with E-state index in [1.54, 1.807) is 7.11 Å². The summed E-state index contributed by atoms with van der Waals surface area (Å²) in [6.07, 6.45) is 0. The van der Waals surface area contributed by atoms with Crippen LogP contribution in [0.4, 0.5) is 6.01 Å². The maximum atomic E-state index is 5.45. The van der Waals surface area contributed by atoms with Crippen LogP contribution >= 0.6 is 0 Å². The van der Waals surface area contributed by atoms with Crippen LogP contribution in [0.25, 0.3) is 0 Å². The number of aryl methyl sites for hydroxylation is 1. The maximum absolute atomic E-state index is 5.45. The zero-order valence-electron chi connectivity index (χ0n) is 11.7. The monoisotopic (exact) mass is 277 g/mol. The van der Waals surface area contributed by atoms with E-state index in [0.29, 0.717) is 31.6 Å². The third-order valence-corrected chi connectivity index (χ3v) is 2.59. The highest BCUT2D eigenvalue weighted by Gasteiger charge is 2.05. The van der Waals surface area contributed by atoms with Gasteiger partial charge in [0.2, 0.25) is 5.89 Å². The number of nitrogens with zero attached hydrogens (tertiary/aromatic N) is 3. The molecule has 7 heteroatoms. The van der Waals surface area contributed by atoms with Gasteiger partial charge in [-0.25, -0.2) is 0 Å². The Morgan fingerprint density at radius 3 is 2.95 bits per heavy atom. The molecular weight excluding hydrogens is 258 g/mol. The normalized spacial score (nSPS) is 10.7. The molecule has 0 aliphatic rings. The van der Waals surface area contributed by atoms with Crippen molar-refractivity contribution in [3.63, 3.8) is 0 Å². The number of aromatic nitrogens is 3. The molecule has 2 aromatic rings. The molecule has 0 bridgehead atoms. The maximum Gasteiger partial charge on any atom is 0.315 e. The van der Waals surface area contributed by atoms with Crippen molar-refractivity contribution >= 4 is 6.01 Å². The van der Waals surface area contributed by atoms with Crippen LogP contribution in [0.2, 0.25) is 0 Å². The van der Waals surface area contributed by atoms with E-state index in [9.17, 15) is 0 Å². The summed E-state index contributed by atoms with van der Waals surface area (Å²) in [5, 5.41) is 14.1. The van der Waals surface area contributed by atoms with E-state index in [2.05, 4.69) is 25.8 Å². The van der Waals surface area contributed by atoms with Gasteiger partial charge < -0.3 is 19.8 Å². The van der Waals surface area contributed by atoms with Crippen molar-refractivity contribution < 1.29 is 9.15 Å². The van der Waals surface area contributed by atoms with Gasteiger partial charge in [0.1, 0.15) is 0 Å². The minimum Gasteiger partial charge on any atom is -0.407 e. The van der Waals surface area contributed by atoms with Gasteiger partial charge in [-0.3, -0.25) is 4.98 Å². The van der Waals surface area contributed by atoms with Crippen LogP contribution in [-0.4, -0.2) is 35.4 Å². The fraction of sp³-hybridized carbons (Fsp3) is 0.462. The molecule has 0 fully saturated rings. The average Bonchev–Trinajstić information content (AvgIpc) is 2.89. The Kier molecular flexibility index (Phi) is 5.45. The van der Waals surface area contributed by atoms with Crippen molar-refractivity contribution in [1.29, 1.82) is 0 Å². The highest BCUT2D eigenvalue weighted by Crippen LogP contribution is 2.07. The molecule has 0 aromatic carbocycles. The zero-order valence-corrected chi connectivity index (χ0v) is 11.7. The number of anilines is 1. The van der Waals surface area contributed by atoms with Crippen molar-refractivity contribution in [2.24, 2.45) is 0 Å². The van der Waals surface area contributed by atoms with Crippen LogP contribution in [0.1, 0.15) is 17.3 Å². The summed E-state index contributed by atoms with van der Waals surface area (Å²) < 4.78 is 10.4. The zero-order chi connectivity index (χ0) is 14.2. The van der Waals surface area contributed by atoms with E-state index in [1.165, 1.54) is 0 Å². The molecule has 0 aliphatic heterocycles. The van der Waals surface area contributed by atoms with Gasteiger partial charge in [-0.2, -0.15) is 0 Å². The Labute approximate surface area is 117 Å². The van der Waals surface area contributed by atoms with E-state index in [4.69, 9.17) is 9.15 Å². The standard InChI is InChI=1S/C13H19N5O2/c1-10-4-3-5-11(16-10)8-15-13-18-17-12(20-13)9-14-6-7-19-2/h3-5,14H,6-9H2,1-2H3,(H,15,18). The fourth-order valence-corrected chi connectivity index (χ4v) is 1.63. The molecule has 20 heavy (non-hydrogen) atoms. The Morgan fingerprint density at radius 1 is 1.25 bits per heavy atom. The number of nitrogens with one attached hydrogen (secondary N) is 2. The third-order valence-electron chi connectivity index (χ3n) is 2.59. The van der Waals surface area contributed by atoms with Gasteiger partial charge in [0.05, 0.1) is 25.4 Å². The molecule has 0 atom stereocenters. The highest BCUT2D eigenvalue weighted by atomic mass is 16.5. The van der Waals surface area contributed by atoms with Gasteiger partial charge in [-0.05, 0) is 19.1 Å². The molecule has 2 N–H and O–H groups in total. The average molecular weight is 277 g/mol. The summed E-state index contributed by atoms with van der Waals surface area (Å²) in [5.74, 6) is 0.542. The Bertz CT molecular complexity index is 529. The summed E-state index contributed by atoms with van der Waals surface area (Å²) in [5.41, 5.74) is 1.92. The molecule has 0 unspecified atom stereocenters. The van der Waals surface area contributed by atoms with Gasteiger partial charge in [0.15, 0.2) is 0 Å². The first-order valence-corrected chi connectivity index (χ1v) is 6.46. The molecule has 7 nitrogen and oxygen atoms in total. The molecule has 0 aliphatic carbocycles. The first kappa shape index (κ1) is 14.4. The quantitative estimate of drug-likeness (QED) is 0.699. The van der Waals surface area contributed by atoms with E-state index in [-0.39, 0.29) is 0 Å². The number of pyridine rings is 1. The molecule has 0 spiro atoms. The van der Waals surface area contributed by atoms with Gasteiger partial charge in [0.25, 0.3) is 0 Å². The summed E-state index contributed by atoms with van der Waals surface area (Å²) in [6.45, 7) is 4.44. The molecule has 108 valence electrons. The molecule has 0 saturated heterocycles. The minimum absolute atomic E-state index is 0.400. The van der Waals surface area contributed by atoms with Crippen LogP contribution in [0.3, 0.4) is 0 Å². The van der Waals surface area contributed by atoms with Crippen molar-refractivity contribution in [3.8, 4) is 0 Å². The van der Waals surface area contributed by atoms with E-state index in [0.717, 1.165) is 17.9 Å². The molecule has 0 amide bonds. The predicted molar refractivity (Wildman–Crippen MR) is 74.2 cm³/mol. The van der Waals surface area contributed by atoms with Gasteiger partial charge in [0, 0.05) is 19.3 Å². The summed E-state index contributed by atoms with van der Waals surface area (Å²) in [7, 11) is 1.66. The molecule has 2 rings (SSSR count). The Hall–Kier alpha value is -1.99. The number of hydrogen-bond acceptors (Lipinski definition) is 7. The second-order valence-corrected chi connectivity index (χ2v) is 4.29. The molecular formula is C13H19N5O2.